The first-order chi connectivity index (χ1) is 9.60. The molecule has 4 heteroatoms. The van der Waals surface area contributed by atoms with E-state index >= 15 is 0 Å². The lowest BCUT2D eigenvalue weighted by atomic mass is 10.2. The van der Waals surface area contributed by atoms with Crippen molar-refractivity contribution in [1.82, 2.24) is 0 Å². The maximum absolute atomic E-state index is 5.35. The molecular weight excluding hydrogens is 268 g/mol. The minimum absolute atomic E-state index is 0.545. The summed E-state index contributed by atoms with van der Waals surface area (Å²) in [5.41, 5.74) is 4.15. The summed E-state index contributed by atoms with van der Waals surface area (Å²) in [6.45, 7) is 4.07. The molecule has 20 heavy (non-hydrogen) atoms. The predicted octanol–water partition coefficient (Wildman–Crippen LogP) is 4.12. The number of thiocarbonyl (C=S) groups is 1. The largest absolute Gasteiger partial charge is 0.495 e. The standard InChI is InChI=1S/C16H18N2OS/c1-11-8-9-15(19-3)14(10-11)18-16(20)17-13-7-5-4-6-12(13)2/h4-10H,1-3H3,(H2,17,18,20). The number of para-hydroxylation sites is 1. The molecule has 0 bridgehead atoms. The average Bonchev–Trinajstić information content (AvgIpc) is 2.41. The van der Waals surface area contributed by atoms with Crippen molar-refractivity contribution in [2.75, 3.05) is 17.7 Å². The second-order valence-corrected chi connectivity index (χ2v) is 5.01. The SMILES string of the molecule is COc1ccc(C)cc1NC(=S)Nc1ccccc1C. The number of hydrogen-bond acceptors (Lipinski definition) is 2. The van der Waals surface area contributed by atoms with Crippen molar-refractivity contribution in [2.45, 2.75) is 13.8 Å². The highest BCUT2D eigenvalue weighted by Crippen LogP contribution is 2.25. The van der Waals surface area contributed by atoms with Crippen LogP contribution in [0.25, 0.3) is 0 Å². The number of hydrogen-bond donors (Lipinski definition) is 2. The topological polar surface area (TPSA) is 33.3 Å². The maximum atomic E-state index is 5.35. The lowest BCUT2D eigenvalue weighted by molar-refractivity contribution is 0.417. The Morgan fingerprint density at radius 3 is 2.40 bits per heavy atom. The van der Waals surface area contributed by atoms with Gasteiger partial charge in [-0.25, -0.2) is 0 Å². The fraction of sp³-hybridized carbons (Fsp3) is 0.188. The number of methoxy groups -OCH3 is 1. The first kappa shape index (κ1) is 14.3. The van der Waals surface area contributed by atoms with Gasteiger partial charge in [-0.05, 0) is 55.4 Å². The predicted molar refractivity (Wildman–Crippen MR) is 88.8 cm³/mol. The lowest BCUT2D eigenvalue weighted by Crippen LogP contribution is -2.20. The third kappa shape index (κ3) is 3.48. The lowest BCUT2D eigenvalue weighted by Gasteiger charge is -2.15. The molecule has 0 saturated heterocycles. The van der Waals surface area contributed by atoms with E-state index in [1.807, 2.05) is 56.3 Å². The molecule has 0 amide bonds. The molecule has 0 aromatic heterocycles. The quantitative estimate of drug-likeness (QED) is 0.832. The van der Waals surface area contributed by atoms with E-state index < -0.39 is 0 Å². The summed E-state index contributed by atoms with van der Waals surface area (Å²) in [4.78, 5) is 0. The zero-order valence-electron chi connectivity index (χ0n) is 11.9. The zero-order chi connectivity index (χ0) is 14.5. The van der Waals surface area contributed by atoms with Crippen LogP contribution in [0.15, 0.2) is 42.5 Å². The van der Waals surface area contributed by atoms with Crippen LogP contribution in [0.1, 0.15) is 11.1 Å². The van der Waals surface area contributed by atoms with Gasteiger partial charge in [0.15, 0.2) is 5.11 Å². The van der Waals surface area contributed by atoms with E-state index in [4.69, 9.17) is 17.0 Å². The summed E-state index contributed by atoms with van der Waals surface area (Å²) < 4.78 is 5.33. The second-order valence-electron chi connectivity index (χ2n) is 4.60. The van der Waals surface area contributed by atoms with E-state index in [1.165, 1.54) is 0 Å². The zero-order valence-corrected chi connectivity index (χ0v) is 12.7. The molecule has 2 aromatic rings. The Bertz CT molecular complexity index is 626. The molecule has 0 radical (unpaired) electrons. The number of nitrogens with one attached hydrogen (secondary N) is 2. The van der Waals surface area contributed by atoms with E-state index in [0.717, 1.165) is 28.3 Å². The Kier molecular flexibility index (Phi) is 4.58. The molecule has 2 N–H and O–H groups in total. The van der Waals surface area contributed by atoms with Crippen LogP contribution in [-0.4, -0.2) is 12.2 Å². The first-order valence-corrected chi connectivity index (χ1v) is 6.79. The average molecular weight is 286 g/mol. The fourth-order valence-electron chi connectivity index (χ4n) is 1.91. The highest BCUT2D eigenvalue weighted by molar-refractivity contribution is 7.80. The molecule has 3 nitrogen and oxygen atoms in total. The minimum Gasteiger partial charge on any atom is -0.495 e. The Balaban J connectivity index is 2.12. The van der Waals surface area contributed by atoms with Crippen LogP contribution in [0.2, 0.25) is 0 Å². The van der Waals surface area contributed by atoms with E-state index in [1.54, 1.807) is 7.11 Å². The molecule has 0 fully saturated rings. The molecule has 0 aliphatic heterocycles. The van der Waals surface area contributed by atoms with E-state index in [0.29, 0.717) is 5.11 Å². The molecular formula is C16H18N2OS. The second kappa shape index (κ2) is 6.39. The molecule has 0 saturated carbocycles. The maximum Gasteiger partial charge on any atom is 0.175 e. The van der Waals surface area contributed by atoms with Crippen LogP contribution in [0.5, 0.6) is 5.75 Å². The molecule has 104 valence electrons. The van der Waals surface area contributed by atoms with Crippen molar-refractivity contribution in [3.63, 3.8) is 0 Å². The molecule has 2 aromatic carbocycles. The van der Waals surface area contributed by atoms with Gasteiger partial charge in [0, 0.05) is 5.69 Å². The Morgan fingerprint density at radius 1 is 1.00 bits per heavy atom. The number of anilines is 2. The van der Waals surface area contributed by atoms with E-state index in [2.05, 4.69) is 10.6 Å². The first-order valence-electron chi connectivity index (χ1n) is 6.38. The Labute approximate surface area is 125 Å². The Morgan fingerprint density at radius 2 is 1.70 bits per heavy atom. The van der Waals surface area contributed by atoms with E-state index in [9.17, 15) is 0 Å². The van der Waals surface area contributed by atoms with Crippen LogP contribution >= 0.6 is 12.2 Å². The number of ether oxygens (including phenoxy) is 1. The number of benzene rings is 2. The fourth-order valence-corrected chi connectivity index (χ4v) is 2.13. The van der Waals surface area contributed by atoms with Crippen LogP contribution < -0.4 is 15.4 Å². The molecule has 0 heterocycles. The van der Waals surface area contributed by atoms with Crippen molar-refractivity contribution in [2.24, 2.45) is 0 Å². The molecule has 0 spiro atoms. The van der Waals surface area contributed by atoms with Crippen molar-refractivity contribution in [3.8, 4) is 5.75 Å². The monoisotopic (exact) mass is 286 g/mol. The van der Waals surface area contributed by atoms with Crippen LogP contribution in [0.3, 0.4) is 0 Å². The van der Waals surface area contributed by atoms with Gasteiger partial charge < -0.3 is 15.4 Å². The van der Waals surface area contributed by atoms with Crippen molar-refractivity contribution in [3.05, 3.63) is 53.6 Å². The summed E-state index contributed by atoms with van der Waals surface area (Å²) in [5.74, 6) is 0.768. The van der Waals surface area contributed by atoms with Gasteiger partial charge in [-0.1, -0.05) is 24.3 Å². The van der Waals surface area contributed by atoms with Gasteiger partial charge in [0.1, 0.15) is 5.75 Å². The summed E-state index contributed by atoms with van der Waals surface area (Å²) in [5, 5.41) is 6.91. The highest BCUT2D eigenvalue weighted by Gasteiger charge is 2.06. The smallest absolute Gasteiger partial charge is 0.175 e. The third-order valence-corrected chi connectivity index (χ3v) is 3.20. The molecule has 2 rings (SSSR count). The van der Waals surface area contributed by atoms with E-state index in [-0.39, 0.29) is 0 Å². The molecule has 0 aliphatic carbocycles. The van der Waals surface area contributed by atoms with Gasteiger partial charge in [-0.2, -0.15) is 0 Å². The van der Waals surface area contributed by atoms with Gasteiger partial charge in [0.2, 0.25) is 0 Å². The normalized spacial score (nSPS) is 9.95. The number of rotatable bonds is 3. The summed E-state index contributed by atoms with van der Waals surface area (Å²) in [7, 11) is 1.65. The summed E-state index contributed by atoms with van der Waals surface area (Å²) in [6.07, 6.45) is 0. The Hall–Kier alpha value is -2.07. The van der Waals surface area contributed by atoms with Crippen molar-refractivity contribution in [1.29, 1.82) is 0 Å². The van der Waals surface area contributed by atoms with Gasteiger partial charge in [-0.3, -0.25) is 0 Å². The van der Waals surface area contributed by atoms with Crippen molar-refractivity contribution < 1.29 is 4.74 Å². The van der Waals surface area contributed by atoms with Gasteiger partial charge >= 0.3 is 0 Å². The summed E-state index contributed by atoms with van der Waals surface area (Å²) in [6, 6.07) is 13.9. The third-order valence-electron chi connectivity index (χ3n) is 3.00. The highest BCUT2D eigenvalue weighted by atomic mass is 32.1. The van der Waals surface area contributed by atoms with Crippen LogP contribution in [0.4, 0.5) is 11.4 Å². The number of aryl methyl sites for hydroxylation is 2. The van der Waals surface area contributed by atoms with Gasteiger partial charge in [0.25, 0.3) is 0 Å². The molecule has 0 unspecified atom stereocenters. The van der Waals surface area contributed by atoms with Gasteiger partial charge in [0.05, 0.1) is 12.8 Å². The van der Waals surface area contributed by atoms with Crippen LogP contribution in [0, 0.1) is 13.8 Å². The minimum atomic E-state index is 0.545. The van der Waals surface area contributed by atoms with Crippen LogP contribution in [-0.2, 0) is 0 Å². The van der Waals surface area contributed by atoms with Crippen molar-refractivity contribution >= 4 is 28.7 Å². The molecule has 0 aliphatic rings. The molecule has 0 atom stereocenters. The van der Waals surface area contributed by atoms with Gasteiger partial charge in [-0.15, -0.1) is 0 Å². The summed E-state index contributed by atoms with van der Waals surface area (Å²) >= 11 is 5.35.